The minimum atomic E-state index is -1.05. The zero-order valence-electron chi connectivity index (χ0n) is 15.0. The lowest BCUT2D eigenvalue weighted by atomic mass is 9.66. The number of hydrogen-bond acceptors (Lipinski definition) is 5. The van der Waals surface area contributed by atoms with Crippen LogP contribution in [0.1, 0.15) is 53.4 Å². The van der Waals surface area contributed by atoms with E-state index in [1.54, 1.807) is 11.8 Å². The molecule has 2 saturated heterocycles. The Morgan fingerprint density at radius 2 is 1.83 bits per heavy atom. The van der Waals surface area contributed by atoms with Crippen LogP contribution in [0, 0.1) is 16.7 Å². The first-order valence-corrected chi connectivity index (χ1v) is 8.89. The predicted molar refractivity (Wildman–Crippen MR) is 85.9 cm³/mol. The molecule has 0 N–H and O–H groups in total. The zero-order valence-corrected chi connectivity index (χ0v) is 15.0. The molecule has 0 unspecified atom stereocenters. The zero-order chi connectivity index (χ0) is 17.8. The summed E-state index contributed by atoms with van der Waals surface area (Å²) in [5.74, 6) is -0.666. The molecule has 134 valence electrons. The highest BCUT2D eigenvalue weighted by Crippen LogP contribution is 2.66. The second kappa shape index (κ2) is 5.46. The molecule has 0 aromatic heterocycles. The van der Waals surface area contributed by atoms with E-state index in [2.05, 4.69) is 0 Å². The van der Waals surface area contributed by atoms with Gasteiger partial charge in [0.05, 0.1) is 17.9 Å². The highest BCUT2D eigenvalue weighted by atomic mass is 16.6. The molecule has 2 aliphatic heterocycles. The van der Waals surface area contributed by atoms with Crippen LogP contribution < -0.4 is 0 Å². The van der Waals surface area contributed by atoms with Gasteiger partial charge in [0.1, 0.15) is 0 Å². The maximum Gasteiger partial charge on any atom is 0.313 e. The van der Waals surface area contributed by atoms with E-state index in [-0.39, 0.29) is 23.8 Å². The second-order valence-electron chi connectivity index (χ2n) is 7.99. The Balaban J connectivity index is 1.73. The normalized spacial score (nSPS) is 35.0. The van der Waals surface area contributed by atoms with Gasteiger partial charge in [-0.2, -0.15) is 0 Å². The van der Waals surface area contributed by atoms with Crippen molar-refractivity contribution in [1.29, 1.82) is 0 Å². The summed E-state index contributed by atoms with van der Waals surface area (Å²) < 4.78 is 10.7. The molecular weight excluding hydrogens is 310 g/mol. The molecule has 0 spiro atoms. The van der Waals surface area contributed by atoms with Crippen molar-refractivity contribution in [1.82, 2.24) is 4.90 Å². The topological polar surface area (TPSA) is 72.9 Å². The van der Waals surface area contributed by atoms with Crippen LogP contribution in [0.3, 0.4) is 0 Å². The summed E-state index contributed by atoms with van der Waals surface area (Å²) in [6.45, 7) is 9.03. The molecule has 0 aromatic rings. The Morgan fingerprint density at radius 3 is 2.29 bits per heavy atom. The molecule has 3 rings (SSSR count). The van der Waals surface area contributed by atoms with Gasteiger partial charge in [-0.1, -0.05) is 13.8 Å². The van der Waals surface area contributed by atoms with E-state index >= 15 is 0 Å². The molecule has 1 saturated carbocycles. The van der Waals surface area contributed by atoms with Gasteiger partial charge in [0, 0.05) is 18.5 Å². The van der Waals surface area contributed by atoms with Crippen LogP contribution in [-0.4, -0.2) is 48.0 Å². The van der Waals surface area contributed by atoms with Crippen LogP contribution in [0.15, 0.2) is 0 Å². The number of amides is 1. The monoisotopic (exact) mass is 337 g/mol. The molecule has 0 aromatic carbocycles. The molecule has 2 heterocycles. The van der Waals surface area contributed by atoms with Crippen molar-refractivity contribution in [3.8, 4) is 0 Å². The summed E-state index contributed by atoms with van der Waals surface area (Å²) in [6, 6.07) is 0. The molecule has 3 fully saturated rings. The van der Waals surface area contributed by atoms with Crippen LogP contribution >= 0.6 is 0 Å². The summed E-state index contributed by atoms with van der Waals surface area (Å²) in [4.78, 5) is 39.2. The molecule has 0 radical (unpaired) electrons. The molecule has 2 bridgehead atoms. The van der Waals surface area contributed by atoms with E-state index < -0.39 is 16.4 Å². The smallest absolute Gasteiger partial charge is 0.313 e. The number of ether oxygens (including phenoxy) is 2. The Hall–Kier alpha value is -1.59. The largest absolute Gasteiger partial charge is 0.466 e. The fourth-order valence-electron chi connectivity index (χ4n) is 4.56. The lowest BCUT2D eigenvalue weighted by Crippen LogP contribution is -2.56. The van der Waals surface area contributed by atoms with E-state index in [0.29, 0.717) is 45.4 Å². The second-order valence-corrected chi connectivity index (χ2v) is 7.99. The fourth-order valence-corrected chi connectivity index (χ4v) is 4.56. The van der Waals surface area contributed by atoms with Crippen LogP contribution in [0.4, 0.5) is 0 Å². The number of likely N-dealkylation sites (tertiary alicyclic amines) is 1. The summed E-state index contributed by atoms with van der Waals surface area (Å²) in [5.41, 5.74) is -2.16. The van der Waals surface area contributed by atoms with Gasteiger partial charge >= 0.3 is 11.9 Å². The first-order chi connectivity index (χ1) is 11.2. The number of carbonyl (C=O) groups is 3. The standard InChI is InChI=1S/C18H27NO5/c1-5-23-13(20)12-6-10-19(11-7-12)14(21)18-9-8-17(4,15(22)24-18)16(18,2)3/h12H,5-11H2,1-4H3/t17-,18-/m1/s1. The summed E-state index contributed by atoms with van der Waals surface area (Å²) in [7, 11) is 0. The van der Waals surface area contributed by atoms with Crippen molar-refractivity contribution < 1.29 is 23.9 Å². The summed E-state index contributed by atoms with van der Waals surface area (Å²) in [6.07, 6.45) is 2.47. The molecule has 2 atom stereocenters. The van der Waals surface area contributed by atoms with E-state index in [1.165, 1.54) is 0 Å². The Morgan fingerprint density at radius 1 is 1.21 bits per heavy atom. The van der Waals surface area contributed by atoms with Crippen LogP contribution in [-0.2, 0) is 23.9 Å². The fraction of sp³-hybridized carbons (Fsp3) is 0.833. The number of nitrogens with zero attached hydrogens (tertiary/aromatic N) is 1. The van der Waals surface area contributed by atoms with Crippen molar-refractivity contribution in [2.45, 2.75) is 59.0 Å². The van der Waals surface area contributed by atoms with Crippen LogP contribution in [0.5, 0.6) is 0 Å². The van der Waals surface area contributed by atoms with Crippen molar-refractivity contribution in [2.24, 2.45) is 16.7 Å². The van der Waals surface area contributed by atoms with E-state index in [4.69, 9.17) is 9.47 Å². The maximum atomic E-state index is 13.2. The van der Waals surface area contributed by atoms with Gasteiger partial charge in [-0.3, -0.25) is 14.4 Å². The first-order valence-electron chi connectivity index (χ1n) is 8.89. The third-order valence-corrected chi connectivity index (χ3v) is 6.83. The van der Waals surface area contributed by atoms with Gasteiger partial charge in [-0.25, -0.2) is 0 Å². The van der Waals surface area contributed by atoms with Crippen LogP contribution in [0.2, 0.25) is 0 Å². The number of hydrogen-bond donors (Lipinski definition) is 0. The van der Waals surface area contributed by atoms with E-state index in [0.717, 1.165) is 0 Å². The minimum Gasteiger partial charge on any atom is -0.466 e. The van der Waals surface area contributed by atoms with E-state index in [9.17, 15) is 14.4 Å². The molecule has 3 aliphatic rings. The quantitative estimate of drug-likeness (QED) is 0.736. The van der Waals surface area contributed by atoms with Crippen molar-refractivity contribution in [3.05, 3.63) is 0 Å². The average molecular weight is 337 g/mol. The SMILES string of the molecule is CCOC(=O)C1CCN(C(=O)[C@@]23CC[C@](C)(C(=O)O2)C3(C)C)CC1. The highest BCUT2D eigenvalue weighted by Gasteiger charge is 2.76. The summed E-state index contributed by atoms with van der Waals surface area (Å²) in [5, 5.41) is 0. The third kappa shape index (κ3) is 2.04. The van der Waals surface area contributed by atoms with Gasteiger partial charge in [-0.15, -0.1) is 0 Å². The number of esters is 2. The number of fused-ring (bicyclic) bond motifs is 2. The highest BCUT2D eigenvalue weighted by molar-refractivity contribution is 5.96. The molecule has 6 heteroatoms. The van der Waals surface area contributed by atoms with Crippen molar-refractivity contribution in [3.63, 3.8) is 0 Å². The molecule has 1 amide bonds. The van der Waals surface area contributed by atoms with Gasteiger partial charge in [-0.05, 0) is 39.5 Å². The molecular formula is C18H27NO5. The van der Waals surface area contributed by atoms with Gasteiger partial charge < -0.3 is 14.4 Å². The van der Waals surface area contributed by atoms with Crippen molar-refractivity contribution in [2.75, 3.05) is 19.7 Å². The maximum absolute atomic E-state index is 13.2. The predicted octanol–water partition coefficient (Wildman–Crippen LogP) is 1.91. The number of piperidine rings is 1. The Bertz CT molecular complexity index is 578. The lowest BCUT2D eigenvalue weighted by Gasteiger charge is -2.41. The molecule has 6 nitrogen and oxygen atoms in total. The lowest BCUT2D eigenvalue weighted by molar-refractivity contribution is -0.175. The van der Waals surface area contributed by atoms with Gasteiger partial charge in [0.25, 0.3) is 5.91 Å². The first kappa shape index (κ1) is 17.2. The Kier molecular flexibility index (Phi) is 3.92. The average Bonchev–Trinajstić information content (AvgIpc) is 2.85. The molecule has 1 aliphatic carbocycles. The van der Waals surface area contributed by atoms with Crippen LogP contribution in [0.25, 0.3) is 0 Å². The number of rotatable bonds is 3. The Labute approximate surface area is 142 Å². The third-order valence-electron chi connectivity index (χ3n) is 6.83. The summed E-state index contributed by atoms with van der Waals surface area (Å²) >= 11 is 0. The van der Waals surface area contributed by atoms with Crippen molar-refractivity contribution >= 4 is 17.8 Å². The number of carbonyl (C=O) groups excluding carboxylic acids is 3. The molecule has 24 heavy (non-hydrogen) atoms. The van der Waals surface area contributed by atoms with E-state index in [1.807, 2.05) is 20.8 Å². The van der Waals surface area contributed by atoms with Gasteiger partial charge in [0.15, 0.2) is 5.60 Å². The minimum absolute atomic E-state index is 0.0932. The van der Waals surface area contributed by atoms with Gasteiger partial charge in [0.2, 0.25) is 0 Å².